The lowest BCUT2D eigenvalue weighted by atomic mass is 9.90. The zero-order valence-electron chi connectivity index (χ0n) is 12.1. The number of aliphatic carboxylic acids is 1. The van der Waals surface area contributed by atoms with Crippen LogP contribution in [0.4, 0.5) is 0 Å². The average Bonchev–Trinajstić information content (AvgIpc) is 2.34. The first-order chi connectivity index (χ1) is 8.56. The van der Waals surface area contributed by atoms with Crippen molar-refractivity contribution in [3.8, 4) is 0 Å². The number of hydrogen-bond acceptors (Lipinski definition) is 2. The molecule has 0 aromatic heterocycles. The van der Waals surface area contributed by atoms with Gasteiger partial charge in [-0.1, -0.05) is 58.8 Å². The van der Waals surface area contributed by atoms with Crippen LogP contribution in [0.1, 0.15) is 84.5 Å². The number of carboxylic acids is 1. The molecule has 0 aromatic rings. The Hall–Kier alpha value is -0.570. The second-order valence-corrected chi connectivity index (χ2v) is 5.31. The molecule has 0 aromatic carbocycles. The highest BCUT2D eigenvalue weighted by Gasteiger charge is 2.34. The van der Waals surface area contributed by atoms with E-state index in [1.807, 2.05) is 0 Å². The minimum absolute atomic E-state index is 0.399. The summed E-state index contributed by atoms with van der Waals surface area (Å²) in [5, 5.41) is 19.3. The lowest BCUT2D eigenvalue weighted by Gasteiger charge is -2.23. The van der Waals surface area contributed by atoms with Gasteiger partial charge in [-0.3, -0.25) is 0 Å². The van der Waals surface area contributed by atoms with E-state index in [1.165, 1.54) is 12.8 Å². The second-order valence-electron chi connectivity index (χ2n) is 5.31. The van der Waals surface area contributed by atoms with Crippen LogP contribution in [-0.2, 0) is 4.79 Å². The maximum Gasteiger partial charge on any atom is 0.335 e. The van der Waals surface area contributed by atoms with Crippen LogP contribution >= 0.6 is 0 Å². The number of unbranched alkanes of at least 4 members (excludes halogenated alkanes) is 7. The summed E-state index contributed by atoms with van der Waals surface area (Å²) in [6, 6.07) is 0. The van der Waals surface area contributed by atoms with Crippen molar-refractivity contribution in [1.82, 2.24) is 0 Å². The maximum atomic E-state index is 11.2. The number of carboxylic acid groups (broad SMARTS) is 1. The molecule has 0 spiro atoms. The third-order valence-electron chi connectivity index (χ3n) is 3.54. The molecule has 3 nitrogen and oxygen atoms in total. The van der Waals surface area contributed by atoms with Gasteiger partial charge in [-0.2, -0.15) is 0 Å². The van der Waals surface area contributed by atoms with Crippen molar-refractivity contribution >= 4 is 5.97 Å². The standard InChI is InChI=1S/C15H30O3/c1-3-5-7-9-11-13-15(18,14(16)17)12-10-8-6-4-2/h18H,3-13H2,1-2H3,(H,16,17). The Balaban J connectivity index is 3.90. The molecule has 2 N–H and O–H groups in total. The molecule has 0 aliphatic heterocycles. The highest BCUT2D eigenvalue weighted by molar-refractivity contribution is 5.76. The van der Waals surface area contributed by atoms with Gasteiger partial charge in [0, 0.05) is 0 Å². The number of carbonyl (C=O) groups is 1. The molecule has 0 fully saturated rings. The molecule has 3 heteroatoms. The highest BCUT2D eigenvalue weighted by Crippen LogP contribution is 2.23. The van der Waals surface area contributed by atoms with Crippen LogP contribution in [-0.4, -0.2) is 21.8 Å². The molecule has 1 unspecified atom stereocenters. The SMILES string of the molecule is CCCCCCCC(O)(CCCCCC)C(=O)O. The molecule has 1 atom stereocenters. The van der Waals surface area contributed by atoms with Crippen molar-refractivity contribution in [2.75, 3.05) is 0 Å². The summed E-state index contributed by atoms with van der Waals surface area (Å²) in [6.07, 6.45) is 10.2. The Morgan fingerprint density at radius 2 is 1.22 bits per heavy atom. The average molecular weight is 258 g/mol. The summed E-state index contributed by atoms with van der Waals surface area (Å²) >= 11 is 0. The number of aliphatic hydroxyl groups is 1. The molecule has 0 aliphatic carbocycles. The van der Waals surface area contributed by atoms with Gasteiger partial charge >= 0.3 is 5.97 Å². The smallest absolute Gasteiger partial charge is 0.335 e. The Morgan fingerprint density at radius 3 is 1.61 bits per heavy atom. The Kier molecular flexibility index (Phi) is 10.0. The van der Waals surface area contributed by atoms with Gasteiger partial charge in [-0.15, -0.1) is 0 Å². The molecule has 0 bridgehead atoms. The lowest BCUT2D eigenvalue weighted by Crippen LogP contribution is -2.38. The first-order valence-corrected chi connectivity index (χ1v) is 7.52. The van der Waals surface area contributed by atoms with Crippen molar-refractivity contribution in [2.24, 2.45) is 0 Å². The van der Waals surface area contributed by atoms with Crippen LogP contribution in [0.5, 0.6) is 0 Å². The summed E-state index contributed by atoms with van der Waals surface area (Å²) in [4.78, 5) is 11.2. The van der Waals surface area contributed by atoms with Gasteiger partial charge in [-0.05, 0) is 25.7 Å². The van der Waals surface area contributed by atoms with Gasteiger partial charge in [0.15, 0.2) is 5.60 Å². The summed E-state index contributed by atoms with van der Waals surface area (Å²) in [5.41, 5.74) is -1.49. The van der Waals surface area contributed by atoms with Gasteiger partial charge in [-0.25, -0.2) is 4.79 Å². The van der Waals surface area contributed by atoms with Crippen LogP contribution in [0.3, 0.4) is 0 Å². The maximum absolute atomic E-state index is 11.2. The zero-order chi connectivity index (χ0) is 13.9. The van der Waals surface area contributed by atoms with Crippen LogP contribution in [0, 0.1) is 0 Å². The van der Waals surface area contributed by atoms with Gasteiger partial charge < -0.3 is 10.2 Å². The van der Waals surface area contributed by atoms with Gasteiger partial charge in [0.25, 0.3) is 0 Å². The minimum Gasteiger partial charge on any atom is -0.479 e. The van der Waals surface area contributed by atoms with E-state index in [0.29, 0.717) is 12.8 Å². The van der Waals surface area contributed by atoms with Crippen molar-refractivity contribution in [3.05, 3.63) is 0 Å². The Bertz CT molecular complexity index is 216. The van der Waals surface area contributed by atoms with E-state index in [-0.39, 0.29) is 0 Å². The van der Waals surface area contributed by atoms with E-state index in [1.54, 1.807) is 0 Å². The van der Waals surface area contributed by atoms with Crippen LogP contribution < -0.4 is 0 Å². The minimum atomic E-state index is -1.49. The molecule has 0 amide bonds. The second kappa shape index (κ2) is 10.4. The first-order valence-electron chi connectivity index (χ1n) is 7.52. The van der Waals surface area contributed by atoms with E-state index in [0.717, 1.165) is 44.9 Å². The summed E-state index contributed by atoms with van der Waals surface area (Å²) in [5.74, 6) is -1.05. The summed E-state index contributed by atoms with van der Waals surface area (Å²) < 4.78 is 0. The van der Waals surface area contributed by atoms with Crippen molar-refractivity contribution < 1.29 is 15.0 Å². The monoisotopic (exact) mass is 258 g/mol. The van der Waals surface area contributed by atoms with E-state index < -0.39 is 11.6 Å². The van der Waals surface area contributed by atoms with Crippen molar-refractivity contribution in [2.45, 2.75) is 90.1 Å². The predicted octanol–water partition coefficient (Wildman–Crippen LogP) is 4.13. The molecular formula is C15H30O3. The number of hydrogen-bond donors (Lipinski definition) is 2. The van der Waals surface area contributed by atoms with Crippen molar-refractivity contribution in [1.29, 1.82) is 0 Å². The Labute approximate surface area is 112 Å². The van der Waals surface area contributed by atoms with Crippen LogP contribution in [0.15, 0.2) is 0 Å². The largest absolute Gasteiger partial charge is 0.479 e. The normalized spacial score (nSPS) is 14.4. The first kappa shape index (κ1) is 17.4. The van der Waals surface area contributed by atoms with E-state index in [2.05, 4.69) is 13.8 Å². The molecule has 0 rings (SSSR count). The molecule has 0 radical (unpaired) electrons. The lowest BCUT2D eigenvalue weighted by molar-refractivity contribution is -0.160. The van der Waals surface area contributed by atoms with E-state index in [9.17, 15) is 9.90 Å². The highest BCUT2D eigenvalue weighted by atomic mass is 16.4. The molecule has 0 aliphatic rings. The van der Waals surface area contributed by atoms with Crippen LogP contribution in [0.25, 0.3) is 0 Å². The molecule has 0 saturated heterocycles. The molecular weight excluding hydrogens is 228 g/mol. The topological polar surface area (TPSA) is 57.5 Å². The van der Waals surface area contributed by atoms with E-state index in [4.69, 9.17) is 5.11 Å². The van der Waals surface area contributed by atoms with Gasteiger partial charge in [0.1, 0.15) is 0 Å². The van der Waals surface area contributed by atoms with Crippen molar-refractivity contribution in [3.63, 3.8) is 0 Å². The predicted molar refractivity (Wildman–Crippen MR) is 74.7 cm³/mol. The molecule has 0 heterocycles. The fourth-order valence-electron chi connectivity index (χ4n) is 2.20. The summed E-state index contributed by atoms with van der Waals surface area (Å²) in [6.45, 7) is 4.28. The van der Waals surface area contributed by atoms with Gasteiger partial charge in [0.2, 0.25) is 0 Å². The fourth-order valence-corrected chi connectivity index (χ4v) is 2.20. The van der Waals surface area contributed by atoms with Gasteiger partial charge in [0.05, 0.1) is 0 Å². The molecule has 108 valence electrons. The Morgan fingerprint density at radius 1 is 0.833 bits per heavy atom. The molecule has 0 saturated carbocycles. The quantitative estimate of drug-likeness (QED) is 0.517. The molecule has 18 heavy (non-hydrogen) atoms. The number of rotatable bonds is 12. The fraction of sp³-hybridized carbons (Fsp3) is 0.933. The van der Waals surface area contributed by atoms with E-state index >= 15 is 0 Å². The third-order valence-corrected chi connectivity index (χ3v) is 3.54. The van der Waals surface area contributed by atoms with Crippen LogP contribution in [0.2, 0.25) is 0 Å². The zero-order valence-corrected chi connectivity index (χ0v) is 12.1. The summed E-state index contributed by atoms with van der Waals surface area (Å²) in [7, 11) is 0. The third kappa shape index (κ3) is 7.70.